The van der Waals surface area contributed by atoms with E-state index in [4.69, 9.17) is 14.2 Å². The minimum absolute atomic E-state index is 0.152. The number of para-hydroxylation sites is 2. The molecule has 1 heterocycles. The maximum absolute atomic E-state index is 12.2. The van der Waals surface area contributed by atoms with Crippen molar-refractivity contribution in [1.82, 2.24) is 9.78 Å². The van der Waals surface area contributed by atoms with Gasteiger partial charge in [0.2, 0.25) is 0 Å². The fourth-order valence-corrected chi connectivity index (χ4v) is 2.80. The largest absolute Gasteiger partial charge is 0.495 e. The molecule has 8 nitrogen and oxygen atoms in total. The minimum atomic E-state index is -0.336. The quantitative estimate of drug-likeness (QED) is 0.421. The number of nitrogens with one attached hydrogen (secondary N) is 1. The van der Waals surface area contributed by atoms with Crippen LogP contribution < -0.4 is 19.5 Å². The highest BCUT2D eigenvalue weighted by atomic mass is 16.5. The van der Waals surface area contributed by atoms with Gasteiger partial charge in [-0.3, -0.25) is 14.3 Å². The number of benzene rings is 2. The van der Waals surface area contributed by atoms with Gasteiger partial charge in [0.1, 0.15) is 5.75 Å². The Hall–Kier alpha value is -4.07. The average molecular weight is 421 g/mol. The van der Waals surface area contributed by atoms with Crippen LogP contribution in [0.15, 0.2) is 60.9 Å². The topological polar surface area (TPSA) is 91.7 Å². The Labute approximate surface area is 180 Å². The van der Waals surface area contributed by atoms with Crippen molar-refractivity contribution < 1.29 is 23.8 Å². The number of amides is 1. The summed E-state index contributed by atoms with van der Waals surface area (Å²) in [6, 6.07) is 12.3. The van der Waals surface area contributed by atoms with Gasteiger partial charge in [0.25, 0.3) is 5.91 Å². The minimum Gasteiger partial charge on any atom is -0.495 e. The second-order valence-electron chi connectivity index (χ2n) is 6.55. The zero-order valence-electron chi connectivity index (χ0n) is 17.5. The Balaban J connectivity index is 1.62. The molecule has 0 fully saturated rings. The van der Waals surface area contributed by atoms with Gasteiger partial charge in [0.05, 0.1) is 31.7 Å². The lowest BCUT2D eigenvalue weighted by Gasteiger charge is -2.12. The molecular formula is C23H23N3O5. The standard InChI is InChI=1S/C23H23N3O5/c1-26-14-17(13-24-26)19(27)10-8-16-9-11-21(22(12-16)30-3)31-15-23(28)25-18-6-4-5-7-20(18)29-2/h4-14H,15H2,1-3H3,(H,25,28)/b10-8+. The number of methoxy groups -OCH3 is 2. The van der Waals surface area contributed by atoms with Crippen LogP contribution in [0, 0.1) is 0 Å². The molecule has 0 aliphatic heterocycles. The normalized spacial score (nSPS) is 10.7. The number of aryl methyl sites for hydroxylation is 1. The molecule has 0 radical (unpaired) electrons. The summed E-state index contributed by atoms with van der Waals surface area (Å²) in [6.45, 7) is -0.205. The maximum atomic E-state index is 12.2. The molecule has 8 heteroatoms. The molecule has 0 saturated carbocycles. The number of anilines is 1. The predicted molar refractivity (Wildman–Crippen MR) is 117 cm³/mol. The molecule has 0 unspecified atom stereocenters. The first-order valence-corrected chi connectivity index (χ1v) is 9.45. The lowest BCUT2D eigenvalue weighted by molar-refractivity contribution is -0.118. The van der Waals surface area contributed by atoms with Crippen molar-refractivity contribution in [2.24, 2.45) is 7.05 Å². The molecule has 3 aromatic rings. The molecule has 0 aliphatic rings. The second kappa shape index (κ2) is 10.1. The van der Waals surface area contributed by atoms with Crippen LogP contribution in [0.2, 0.25) is 0 Å². The summed E-state index contributed by atoms with van der Waals surface area (Å²) in [5.41, 5.74) is 1.82. The van der Waals surface area contributed by atoms with Gasteiger partial charge in [0.15, 0.2) is 23.9 Å². The van der Waals surface area contributed by atoms with Gasteiger partial charge in [-0.1, -0.05) is 24.3 Å². The van der Waals surface area contributed by atoms with E-state index in [1.54, 1.807) is 60.4 Å². The van der Waals surface area contributed by atoms with Crippen LogP contribution in [0.1, 0.15) is 15.9 Å². The van der Waals surface area contributed by atoms with Gasteiger partial charge in [0, 0.05) is 13.2 Å². The van der Waals surface area contributed by atoms with Crippen molar-refractivity contribution in [3.05, 3.63) is 72.1 Å². The van der Waals surface area contributed by atoms with Crippen LogP contribution in [0.25, 0.3) is 6.08 Å². The number of aromatic nitrogens is 2. The van der Waals surface area contributed by atoms with Crippen molar-refractivity contribution in [3.8, 4) is 17.2 Å². The van der Waals surface area contributed by atoms with Gasteiger partial charge in [-0.2, -0.15) is 5.10 Å². The number of hydrogen-bond donors (Lipinski definition) is 1. The highest BCUT2D eigenvalue weighted by Crippen LogP contribution is 2.29. The molecule has 3 rings (SSSR count). The first-order valence-electron chi connectivity index (χ1n) is 9.45. The Morgan fingerprint density at radius 3 is 2.55 bits per heavy atom. The first kappa shape index (κ1) is 21.6. The van der Waals surface area contributed by atoms with Crippen LogP contribution >= 0.6 is 0 Å². The third-order valence-corrected chi connectivity index (χ3v) is 4.34. The summed E-state index contributed by atoms with van der Waals surface area (Å²) in [4.78, 5) is 24.4. The van der Waals surface area contributed by atoms with Gasteiger partial charge in [-0.25, -0.2) is 0 Å². The lowest BCUT2D eigenvalue weighted by atomic mass is 10.1. The van der Waals surface area contributed by atoms with Gasteiger partial charge >= 0.3 is 0 Å². The van der Waals surface area contributed by atoms with Crippen molar-refractivity contribution in [3.63, 3.8) is 0 Å². The summed E-state index contributed by atoms with van der Waals surface area (Å²) < 4.78 is 17.8. The van der Waals surface area contributed by atoms with E-state index >= 15 is 0 Å². The molecule has 1 aromatic heterocycles. The van der Waals surface area contributed by atoms with Gasteiger partial charge < -0.3 is 19.5 Å². The molecule has 0 atom stereocenters. The molecule has 0 saturated heterocycles. The van der Waals surface area contributed by atoms with E-state index in [1.165, 1.54) is 26.5 Å². The number of hydrogen-bond acceptors (Lipinski definition) is 6. The van der Waals surface area contributed by atoms with E-state index in [0.717, 1.165) is 5.56 Å². The third-order valence-electron chi connectivity index (χ3n) is 4.34. The van der Waals surface area contributed by atoms with Crippen molar-refractivity contribution in [2.45, 2.75) is 0 Å². The third kappa shape index (κ3) is 5.72. The molecule has 1 amide bonds. The molecular weight excluding hydrogens is 398 g/mol. The van der Waals surface area contributed by atoms with Crippen LogP contribution in [0.5, 0.6) is 17.2 Å². The second-order valence-corrected chi connectivity index (χ2v) is 6.55. The number of ether oxygens (including phenoxy) is 3. The molecule has 0 aliphatic carbocycles. The molecule has 2 aromatic carbocycles. The molecule has 0 bridgehead atoms. The number of nitrogens with zero attached hydrogens (tertiary/aromatic N) is 2. The van der Waals surface area contributed by atoms with E-state index in [2.05, 4.69) is 10.4 Å². The van der Waals surface area contributed by atoms with Crippen molar-refractivity contribution in [2.75, 3.05) is 26.1 Å². The fraction of sp³-hybridized carbons (Fsp3) is 0.174. The number of ketones is 1. The van der Waals surface area contributed by atoms with E-state index < -0.39 is 0 Å². The Kier molecular flexibility index (Phi) is 7.05. The zero-order valence-corrected chi connectivity index (χ0v) is 17.5. The fourth-order valence-electron chi connectivity index (χ4n) is 2.80. The van der Waals surface area contributed by atoms with Crippen LogP contribution in [0.3, 0.4) is 0 Å². The van der Waals surface area contributed by atoms with E-state index in [9.17, 15) is 9.59 Å². The molecule has 1 N–H and O–H groups in total. The molecule has 31 heavy (non-hydrogen) atoms. The monoisotopic (exact) mass is 421 g/mol. The Bertz CT molecular complexity index is 1100. The SMILES string of the molecule is COc1ccccc1NC(=O)COc1ccc(/C=C/C(=O)c2cnn(C)c2)cc1OC. The highest BCUT2D eigenvalue weighted by Gasteiger charge is 2.11. The Morgan fingerprint density at radius 1 is 1.06 bits per heavy atom. The van der Waals surface area contributed by atoms with Gasteiger partial charge in [-0.15, -0.1) is 0 Å². The van der Waals surface area contributed by atoms with Crippen molar-refractivity contribution >= 4 is 23.5 Å². The smallest absolute Gasteiger partial charge is 0.262 e. The molecule has 0 spiro atoms. The number of allylic oxidation sites excluding steroid dienone is 1. The maximum Gasteiger partial charge on any atom is 0.262 e. The van der Waals surface area contributed by atoms with E-state index in [1.807, 2.05) is 6.07 Å². The molecule has 160 valence electrons. The van der Waals surface area contributed by atoms with Crippen LogP contribution in [0.4, 0.5) is 5.69 Å². The van der Waals surface area contributed by atoms with Gasteiger partial charge in [-0.05, 0) is 35.9 Å². The summed E-state index contributed by atoms with van der Waals surface area (Å²) in [5.74, 6) is 0.929. The van der Waals surface area contributed by atoms with Crippen LogP contribution in [-0.4, -0.2) is 42.3 Å². The average Bonchev–Trinajstić information content (AvgIpc) is 3.23. The van der Waals surface area contributed by atoms with Crippen LogP contribution in [-0.2, 0) is 11.8 Å². The summed E-state index contributed by atoms with van der Waals surface area (Å²) in [5, 5.41) is 6.73. The number of rotatable bonds is 9. The predicted octanol–water partition coefficient (Wildman–Crippen LogP) is 3.35. The van der Waals surface area contributed by atoms with E-state index in [0.29, 0.717) is 28.5 Å². The Morgan fingerprint density at radius 2 is 1.84 bits per heavy atom. The van der Waals surface area contributed by atoms with E-state index in [-0.39, 0.29) is 18.3 Å². The highest BCUT2D eigenvalue weighted by molar-refractivity contribution is 6.06. The summed E-state index contributed by atoms with van der Waals surface area (Å²) >= 11 is 0. The van der Waals surface area contributed by atoms with Crippen molar-refractivity contribution in [1.29, 1.82) is 0 Å². The summed E-state index contributed by atoms with van der Waals surface area (Å²) in [6.07, 6.45) is 6.31. The number of carbonyl (C=O) groups excluding carboxylic acids is 2. The number of carbonyl (C=O) groups is 2. The first-order chi connectivity index (χ1) is 15.0. The zero-order chi connectivity index (χ0) is 22.2. The lowest BCUT2D eigenvalue weighted by Crippen LogP contribution is -2.20. The summed E-state index contributed by atoms with van der Waals surface area (Å²) in [7, 11) is 4.79.